The molecule has 0 heterocycles. The van der Waals surface area contributed by atoms with Crippen molar-refractivity contribution in [2.24, 2.45) is 16.5 Å². The van der Waals surface area contributed by atoms with E-state index in [0.717, 1.165) is 22.3 Å². The van der Waals surface area contributed by atoms with E-state index in [-0.39, 0.29) is 24.9 Å². The maximum atomic E-state index is 12.6. The molecule has 2 aromatic rings. The van der Waals surface area contributed by atoms with Crippen LogP contribution in [0.15, 0.2) is 53.5 Å². The quantitative estimate of drug-likeness (QED) is 0.190. The van der Waals surface area contributed by atoms with E-state index in [1.165, 1.54) is 0 Å². The molecule has 34 heavy (non-hydrogen) atoms. The first-order valence-electron chi connectivity index (χ1n) is 11.0. The van der Waals surface area contributed by atoms with E-state index in [0.29, 0.717) is 19.4 Å². The number of carbonyl (C=O) groups is 3. The molecular weight excluding hydrogens is 438 g/mol. The minimum Gasteiger partial charge on any atom is -0.480 e. The van der Waals surface area contributed by atoms with Crippen LogP contribution in [0.4, 0.5) is 4.79 Å². The number of rotatable bonds is 11. The summed E-state index contributed by atoms with van der Waals surface area (Å²) in [6.45, 7) is -0.0553. The van der Waals surface area contributed by atoms with Crippen molar-refractivity contribution in [3.63, 3.8) is 0 Å². The van der Waals surface area contributed by atoms with Crippen molar-refractivity contribution in [2.45, 2.75) is 31.2 Å². The van der Waals surface area contributed by atoms with Crippen LogP contribution in [0.3, 0.4) is 0 Å². The SMILES string of the molecule is NC(N)=NCCCC[C@H](NC(=O)OCC1c2ccccc2-c2ccccc21)C(=O)NCC(=O)O. The zero-order valence-corrected chi connectivity index (χ0v) is 18.7. The van der Waals surface area contributed by atoms with E-state index in [1.807, 2.05) is 48.5 Å². The molecule has 0 saturated heterocycles. The van der Waals surface area contributed by atoms with Crippen molar-refractivity contribution in [1.29, 1.82) is 0 Å². The average molecular weight is 468 g/mol. The molecule has 7 N–H and O–H groups in total. The predicted molar refractivity (Wildman–Crippen MR) is 127 cm³/mol. The van der Waals surface area contributed by atoms with Crippen molar-refractivity contribution < 1.29 is 24.2 Å². The zero-order valence-electron chi connectivity index (χ0n) is 18.7. The zero-order chi connectivity index (χ0) is 24.5. The van der Waals surface area contributed by atoms with Crippen LogP contribution in [0.5, 0.6) is 0 Å². The summed E-state index contributed by atoms with van der Waals surface area (Å²) in [7, 11) is 0. The second-order valence-corrected chi connectivity index (χ2v) is 7.94. The van der Waals surface area contributed by atoms with Crippen LogP contribution in [0.1, 0.15) is 36.3 Å². The van der Waals surface area contributed by atoms with Gasteiger partial charge in [0.05, 0.1) is 0 Å². The van der Waals surface area contributed by atoms with Crippen LogP contribution in [0.25, 0.3) is 11.1 Å². The van der Waals surface area contributed by atoms with Gasteiger partial charge in [-0.1, -0.05) is 48.5 Å². The maximum absolute atomic E-state index is 12.6. The lowest BCUT2D eigenvalue weighted by Gasteiger charge is -2.19. The topological polar surface area (TPSA) is 169 Å². The fraction of sp³-hybridized carbons (Fsp3) is 0.333. The van der Waals surface area contributed by atoms with Gasteiger partial charge in [0.15, 0.2) is 5.96 Å². The van der Waals surface area contributed by atoms with Crippen LogP contribution in [-0.4, -0.2) is 54.8 Å². The van der Waals surface area contributed by atoms with Gasteiger partial charge in [-0.2, -0.15) is 0 Å². The maximum Gasteiger partial charge on any atom is 0.407 e. The second kappa shape index (κ2) is 11.7. The lowest BCUT2D eigenvalue weighted by atomic mass is 9.98. The largest absolute Gasteiger partial charge is 0.480 e. The predicted octanol–water partition coefficient (Wildman–Crippen LogP) is 1.54. The lowest BCUT2D eigenvalue weighted by Crippen LogP contribution is -2.48. The number of benzene rings is 2. The number of nitrogens with zero attached hydrogens (tertiary/aromatic N) is 1. The van der Waals surface area contributed by atoms with E-state index < -0.39 is 30.6 Å². The number of nitrogens with two attached hydrogens (primary N) is 2. The van der Waals surface area contributed by atoms with Gasteiger partial charge in [-0.25, -0.2) is 4.79 Å². The fourth-order valence-electron chi connectivity index (χ4n) is 4.01. The summed E-state index contributed by atoms with van der Waals surface area (Å²) >= 11 is 0. The summed E-state index contributed by atoms with van der Waals surface area (Å²) < 4.78 is 5.50. The third kappa shape index (κ3) is 6.47. The number of hydrogen-bond acceptors (Lipinski definition) is 5. The molecule has 3 rings (SSSR count). The molecular formula is C24H29N5O5. The summed E-state index contributed by atoms with van der Waals surface area (Å²) in [5, 5.41) is 13.7. The third-order valence-electron chi connectivity index (χ3n) is 5.56. The molecule has 0 unspecified atom stereocenters. The highest BCUT2D eigenvalue weighted by Gasteiger charge is 2.29. The van der Waals surface area contributed by atoms with Crippen LogP contribution < -0.4 is 22.1 Å². The van der Waals surface area contributed by atoms with Gasteiger partial charge in [0.2, 0.25) is 5.91 Å². The van der Waals surface area contributed by atoms with Crippen molar-refractivity contribution in [2.75, 3.05) is 19.7 Å². The number of aliphatic imine (C=N–C) groups is 1. The first kappa shape index (κ1) is 24.6. The van der Waals surface area contributed by atoms with Gasteiger partial charge < -0.3 is 31.9 Å². The fourth-order valence-corrected chi connectivity index (χ4v) is 4.01. The summed E-state index contributed by atoms with van der Waals surface area (Å²) in [6.07, 6.45) is 0.648. The summed E-state index contributed by atoms with van der Waals surface area (Å²) in [5.41, 5.74) is 15.0. The Balaban J connectivity index is 1.60. The number of fused-ring (bicyclic) bond motifs is 3. The van der Waals surface area contributed by atoms with Crippen molar-refractivity contribution in [3.05, 3.63) is 59.7 Å². The molecule has 1 aliphatic carbocycles. The van der Waals surface area contributed by atoms with E-state index in [1.54, 1.807) is 0 Å². The number of alkyl carbamates (subject to hydrolysis) is 1. The molecule has 0 fully saturated rings. The molecule has 2 amide bonds. The number of ether oxygens (including phenoxy) is 1. The Morgan fingerprint density at radius 2 is 1.62 bits per heavy atom. The van der Waals surface area contributed by atoms with Crippen LogP contribution in [0.2, 0.25) is 0 Å². The Kier molecular flexibility index (Phi) is 8.44. The van der Waals surface area contributed by atoms with Gasteiger partial charge >= 0.3 is 12.1 Å². The van der Waals surface area contributed by atoms with Gasteiger partial charge in [-0.15, -0.1) is 0 Å². The van der Waals surface area contributed by atoms with Crippen molar-refractivity contribution >= 4 is 23.9 Å². The highest BCUT2D eigenvalue weighted by molar-refractivity contribution is 5.88. The van der Waals surface area contributed by atoms with E-state index >= 15 is 0 Å². The average Bonchev–Trinajstić information content (AvgIpc) is 3.13. The minimum atomic E-state index is -1.18. The normalized spacial score (nSPS) is 12.7. The van der Waals surface area contributed by atoms with Crippen LogP contribution in [0, 0.1) is 0 Å². The number of nitrogens with one attached hydrogen (secondary N) is 2. The van der Waals surface area contributed by atoms with Gasteiger partial charge in [0.25, 0.3) is 0 Å². The summed E-state index contributed by atoms with van der Waals surface area (Å²) in [5.74, 6) is -1.91. The number of carbonyl (C=O) groups excluding carboxylic acids is 2. The monoisotopic (exact) mass is 467 g/mol. The molecule has 0 radical (unpaired) electrons. The number of carboxylic acid groups (broad SMARTS) is 1. The molecule has 0 spiro atoms. The molecule has 0 aromatic heterocycles. The van der Waals surface area contributed by atoms with Crippen molar-refractivity contribution in [1.82, 2.24) is 10.6 Å². The second-order valence-electron chi connectivity index (χ2n) is 7.94. The van der Waals surface area contributed by atoms with E-state index in [9.17, 15) is 14.4 Å². The smallest absolute Gasteiger partial charge is 0.407 e. The molecule has 10 nitrogen and oxygen atoms in total. The molecule has 2 aromatic carbocycles. The number of guanidine groups is 1. The van der Waals surface area contributed by atoms with Gasteiger partial charge in [-0.3, -0.25) is 14.6 Å². The first-order chi connectivity index (χ1) is 16.4. The summed E-state index contributed by atoms with van der Waals surface area (Å²) in [4.78, 5) is 39.7. The lowest BCUT2D eigenvalue weighted by molar-refractivity contribution is -0.138. The molecule has 180 valence electrons. The summed E-state index contributed by atoms with van der Waals surface area (Å²) in [6, 6.07) is 15.0. The Labute approximate surface area is 197 Å². The molecule has 10 heteroatoms. The Morgan fingerprint density at radius 3 is 2.21 bits per heavy atom. The Hall–Kier alpha value is -4.08. The number of aliphatic carboxylic acids is 1. The standard InChI is InChI=1S/C24H29N5O5/c25-23(26)27-12-6-5-11-20(22(32)28-13-21(30)31)29-24(33)34-14-19-17-9-3-1-7-15(17)16-8-2-4-10-18(16)19/h1-4,7-10,19-20H,5-6,11-14H2,(H,28,32)(H,29,33)(H,30,31)(H4,25,26,27)/t20-/m0/s1. The molecule has 0 bridgehead atoms. The highest BCUT2D eigenvalue weighted by Crippen LogP contribution is 2.44. The molecule has 1 aliphatic rings. The Bertz CT molecular complexity index is 1020. The van der Waals surface area contributed by atoms with E-state index in [4.69, 9.17) is 21.3 Å². The van der Waals surface area contributed by atoms with Gasteiger partial charge in [0, 0.05) is 12.5 Å². The highest BCUT2D eigenvalue weighted by atomic mass is 16.5. The number of carboxylic acids is 1. The number of hydrogen-bond donors (Lipinski definition) is 5. The van der Waals surface area contributed by atoms with Crippen LogP contribution in [-0.2, 0) is 14.3 Å². The van der Waals surface area contributed by atoms with Gasteiger partial charge in [0.1, 0.15) is 19.2 Å². The molecule has 1 atom stereocenters. The molecule has 0 saturated carbocycles. The van der Waals surface area contributed by atoms with E-state index in [2.05, 4.69) is 15.6 Å². The number of amides is 2. The Morgan fingerprint density at radius 1 is 1.00 bits per heavy atom. The molecule has 0 aliphatic heterocycles. The minimum absolute atomic E-state index is 0.0208. The van der Waals surface area contributed by atoms with Gasteiger partial charge in [-0.05, 0) is 41.5 Å². The van der Waals surface area contributed by atoms with Crippen LogP contribution >= 0.6 is 0 Å². The number of unbranched alkanes of at least 4 members (excludes halogenated alkanes) is 1. The third-order valence-corrected chi connectivity index (χ3v) is 5.56. The first-order valence-corrected chi connectivity index (χ1v) is 11.0. The van der Waals surface area contributed by atoms with Crippen molar-refractivity contribution in [3.8, 4) is 11.1 Å².